The maximum atomic E-state index is 13.1. The van der Waals surface area contributed by atoms with Gasteiger partial charge >= 0.3 is 39.5 Å². The molecule has 0 saturated heterocycles. The molecule has 19 heteroatoms. The molecule has 2 unspecified atom stereocenters. The van der Waals surface area contributed by atoms with Crippen LogP contribution >= 0.6 is 15.6 Å². The minimum Gasteiger partial charge on any atom is -0.462 e. The van der Waals surface area contributed by atoms with Crippen molar-refractivity contribution in [3.8, 4) is 0 Å². The van der Waals surface area contributed by atoms with Gasteiger partial charge in [-0.1, -0.05) is 327 Å². The molecule has 0 heterocycles. The van der Waals surface area contributed by atoms with E-state index in [2.05, 4.69) is 149 Å². The van der Waals surface area contributed by atoms with Gasteiger partial charge in [0.1, 0.15) is 19.3 Å². The van der Waals surface area contributed by atoms with E-state index >= 15 is 0 Å². The average Bonchev–Trinajstić information content (AvgIpc) is 0.914. The van der Waals surface area contributed by atoms with Crippen LogP contribution in [0.1, 0.15) is 323 Å². The molecule has 0 radical (unpaired) electrons. The molecule has 0 spiro atoms. The van der Waals surface area contributed by atoms with E-state index < -0.39 is 97.5 Å². The van der Waals surface area contributed by atoms with Crippen LogP contribution in [0.3, 0.4) is 0 Å². The van der Waals surface area contributed by atoms with Crippen LogP contribution < -0.4 is 0 Å². The molecule has 0 aliphatic carbocycles. The number of phosphoric ester groups is 2. The van der Waals surface area contributed by atoms with Crippen molar-refractivity contribution in [2.24, 2.45) is 0 Å². The van der Waals surface area contributed by atoms with Gasteiger partial charge in [0, 0.05) is 25.7 Å². The van der Waals surface area contributed by atoms with E-state index in [1.165, 1.54) is 89.9 Å². The van der Waals surface area contributed by atoms with Crippen LogP contribution in [0.5, 0.6) is 0 Å². The number of hydrogen-bond acceptors (Lipinski definition) is 15. The Balaban J connectivity index is 5.50. The van der Waals surface area contributed by atoms with Gasteiger partial charge in [-0.2, -0.15) is 0 Å². The molecule has 0 bridgehead atoms. The number of carbonyl (C=O) groups excluding carboxylic acids is 4. The summed E-state index contributed by atoms with van der Waals surface area (Å²) in [6.45, 7) is 4.48. The highest BCUT2D eigenvalue weighted by Crippen LogP contribution is 2.45. The van der Waals surface area contributed by atoms with Crippen molar-refractivity contribution >= 4 is 39.5 Å². The van der Waals surface area contributed by atoms with E-state index in [0.29, 0.717) is 38.5 Å². The predicted octanol–water partition coefficient (Wildman–Crippen LogP) is 24.8. The third-order valence-electron chi connectivity index (χ3n) is 17.0. The number of carbonyl (C=O) groups is 4. The first kappa shape index (κ1) is 103. The fraction of sp³-hybridized carbons (Fsp3) is 0.663. The van der Waals surface area contributed by atoms with Gasteiger partial charge in [0.25, 0.3) is 0 Å². The van der Waals surface area contributed by atoms with Crippen molar-refractivity contribution in [1.82, 2.24) is 0 Å². The predicted molar refractivity (Wildman–Crippen MR) is 445 cm³/mol. The Bertz CT molecular complexity index is 2660. The van der Waals surface area contributed by atoms with Crippen LogP contribution in [0.4, 0.5) is 0 Å². The zero-order valence-corrected chi connectivity index (χ0v) is 69.3. The summed E-state index contributed by atoms with van der Waals surface area (Å²) in [6.07, 6.45) is 93.9. The summed E-state index contributed by atoms with van der Waals surface area (Å²) in [7, 11) is -10.0. The highest BCUT2D eigenvalue weighted by atomic mass is 31.2. The number of rotatable bonds is 77. The van der Waals surface area contributed by atoms with E-state index in [9.17, 15) is 43.2 Å². The number of allylic oxidation sites excluding steroid dienone is 26. The average molecular weight is 1550 g/mol. The fourth-order valence-corrected chi connectivity index (χ4v) is 12.3. The Hall–Kier alpha value is -5.32. The number of ether oxygens (including phenoxy) is 4. The highest BCUT2D eigenvalue weighted by molar-refractivity contribution is 7.47. The zero-order valence-electron chi connectivity index (χ0n) is 67.5. The summed E-state index contributed by atoms with van der Waals surface area (Å²) in [5.41, 5.74) is 0. The van der Waals surface area contributed by atoms with Crippen molar-refractivity contribution in [3.63, 3.8) is 0 Å². The molecule has 0 amide bonds. The minimum atomic E-state index is -5.01. The number of phosphoric acid groups is 2. The molecule has 0 saturated carbocycles. The first-order valence-corrected chi connectivity index (χ1v) is 44.7. The normalized spacial score (nSPS) is 14.6. The first-order chi connectivity index (χ1) is 52.7. The SMILES string of the molecule is CC/C=C\C/C=C\C/C=C\C/C=C\C/C=C\C/C=C\CCC(=O)OC[C@H](COP(=O)(O)OC[C@@H](O)COP(=O)(O)OC[C@@H](COC(=O)CCCCCCCCC/C=C\CCCCCC)OC(=O)CC/C=C\C/C=C\C/C=C\C/C=C\C/C=C\C/C=C\CC)OC(=O)CCCCCCCCCCCCCCCCC. The minimum absolute atomic E-state index is 0.0323. The van der Waals surface area contributed by atoms with Gasteiger partial charge < -0.3 is 33.8 Å². The van der Waals surface area contributed by atoms with Gasteiger partial charge in [0.15, 0.2) is 12.2 Å². The van der Waals surface area contributed by atoms with E-state index in [0.717, 1.165) is 141 Å². The Kier molecular flexibility index (Phi) is 75.8. The number of aliphatic hydroxyl groups excluding tert-OH is 1. The molecular weight excluding hydrogens is 1400 g/mol. The van der Waals surface area contributed by atoms with Crippen LogP contribution in [0.15, 0.2) is 158 Å². The highest BCUT2D eigenvalue weighted by Gasteiger charge is 2.30. The summed E-state index contributed by atoms with van der Waals surface area (Å²) < 4.78 is 68.6. The molecule has 0 aromatic carbocycles. The van der Waals surface area contributed by atoms with Gasteiger partial charge in [-0.05, 0) is 128 Å². The van der Waals surface area contributed by atoms with E-state index in [1.54, 1.807) is 0 Å². The third-order valence-corrected chi connectivity index (χ3v) is 18.9. The van der Waals surface area contributed by atoms with E-state index in [4.69, 9.17) is 37.0 Å². The lowest BCUT2D eigenvalue weighted by atomic mass is 10.0. The summed E-state index contributed by atoms with van der Waals surface area (Å²) in [6, 6.07) is 0. The lowest BCUT2D eigenvalue weighted by Gasteiger charge is -2.21. The topological polar surface area (TPSA) is 237 Å². The molecule has 5 atom stereocenters. The Labute approximate surface area is 655 Å². The van der Waals surface area contributed by atoms with E-state index in [-0.39, 0.29) is 25.7 Å². The summed E-state index contributed by atoms with van der Waals surface area (Å²) >= 11 is 0. The van der Waals surface area contributed by atoms with Crippen molar-refractivity contribution in [3.05, 3.63) is 158 Å². The Morgan fingerprint density at radius 3 is 0.824 bits per heavy atom. The molecule has 3 N–H and O–H groups in total. The van der Waals surface area contributed by atoms with Gasteiger partial charge in [0.05, 0.1) is 26.4 Å². The first-order valence-electron chi connectivity index (χ1n) is 41.7. The molecule has 0 aromatic rings. The second kappa shape index (κ2) is 79.8. The number of aliphatic hydroxyl groups is 1. The van der Waals surface area contributed by atoms with Crippen LogP contribution in [-0.2, 0) is 65.4 Å². The van der Waals surface area contributed by atoms with Gasteiger partial charge in [-0.15, -0.1) is 0 Å². The second-order valence-electron chi connectivity index (χ2n) is 27.3. The molecule has 0 fully saturated rings. The van der Waals surface area contributed by atoms with E-state index in [1.807, 2.05) is 36.5 Å². The van der Waals surface area contributed by atoms with Crippen molar-refractivity contribution in [2.75, 3.05) is 39.6 Å². The van der Waals surface area contributed by atoms with Crippen molar-refractivity contribution in [1.29, 1.82) is 0 Å². The van der Waals surface area contributed by atoms with Gasteiger partial charge in [-0.3, -0.25) is 37.3 Å². The largest absolute Gasteiger partial charge is 0.472 e. The second-order valence-corrected chi connectivity index (χ2v) is 30.2. The smallest absolute Gasteiger partial charge is 0.462 e. The van der Waals surface area contributed by atoms with Crippen LogP contribution in [0.2, 0.25) is 0 Å². The van der Waals surface area contributed by atoms with Crippen molar-refractivity contribution in [2.45, 2.75) is 341 Å². The monoisotopic (exact) mass is 1550 g/mol. The molecule has 108 heavy (non-hydrogen) atoms. The summed E-state index contributed by atoms with van der Waals surface area (Å²) in [4.78, 5) is 73.1. The fourth-order valence-electron chi connectivity index (χ4n) is 10.7. The molecule has 0 aliphatic rings. The summed E-state index contributed by atoms with van der Waals surface area (Å²) in [5.74, 6) is -2.37. The van der Waals surface area contributed by atoms with Crippen LogP contribution in [-0.4, -0.2) is 96.7 Å². The number of esters is 4. The molecule has 616 valence electrons. The molecule has 0 rings (SSSR count). The molecule has 0 aliphatic heterocycles. The van der Waals surface area contributed by atoms with Crippen molar-refractivity contribution < 1.29 is 80.2 Å². The van der Waals surface area contributed by atoms with Crippen LogP contribution in [0.25, 0.3) is 0 Å². The zero-order chi connectivity index (χ0) is 78.9. The maximum Gasteiger partial charge on any atom is 0.472 e. The lowest BCUT2D eigenvalue weighted by Crippen LogP contribution is -2.30. The van der Waals surface area contributed by atoms with Gasteiger partial charge in [-0.25, -0.2) is 9.13 Å². The third kappa shape index (κ3) is 78.8. The summed E-state index contributed by atoms with van der Waals surface area (Å²) in [5, 5.41) is 10.7. The number of hydrogen-bond donors (Lipinski definition) is 3. The molecule has 0 aromatic heterocycles. The van der Waals surface area contributed by atoms with Crippen LogP contribution in [0, 0.1) is 0 Å². The quantitative estimate of drug-likeness (QED) is 0.0169. The van der Waals surface area contributed by atoms with Gasteiger partial charge in [0.2, 0.25) is 0 Å². The molecular formula is C89H148O17P2. The Morgan fingerprint density at radius 1 is 0.269 bits per heavy atom. The lowest BCUT2D eigenvalue weighted by molar-refractivity contribution is -0.161. The Morgan fingerprint density at radius 2 is 0.500 bits per heavy atom. The maximum absolute atomic E-state index is 13.1. The standard InChI is InChI=1S/C89H148O17P2/c1-5-9-13-17-21-25-29-33-37-39-41-43-47-50-54-58-62-66-70-74-87(92)100-80-84(105-88(93)75-71-67-63-59-55-51-46-36-32-28-24-20-16-12-8-4)81-103-107(95,96)101-77-83(90)78-102-108(97,98)104-82-85(79-99-86(91)73-69-65-61-57-53-49-45-35-31-27-23-19-15-11-7-3)106-89(94)76-72-68-64-60-56-52-48-44-42-40-38-34-30-26-22-18-14-10-6-2/h9-10,13-14,21-22,25-27,31,33-34,37-38,41-44,50,52,54,56,62,64,66,68,83-85,90H,5-8,11-12,15-20,23-24,28-30,32,35-36,39-40,45-49,51,53,55,57-61,63,65,67,69-82H2,1-4H3,(H,95,96)(H,97,98)/b13-9-,14-10-,25-21-,26-22-,31-27-,37-33-,38-34-,43-41-,44-42-,54-50-,56-52-,66-62-,68-64-/t83-,84-,85-/m1/s1. The molecule has 17 nitrogen and oxygen atoms in total. The number of unbranched alkanes of at least 4 members (excludes halogenated alkanes) is 25.